The van der Waals surface area contributed by atoms with Crippen molar-refractivity contribution in [2.75, 3.05) is 13.1 Å². The van der Waals surface area contributed by atoms with Gasteiger partial charge in [0.05, 0.1) is 0 Å². The Morgan fingerprint density at radius 1 is 1.35 bits per heavy atom. The van der Waals surface area contributed by atoms with E-state index in [1.54, 1.807) is 0 Å². The number of hydrogen-bond donors (Lipinski definition) is 3. The molecule has 4 nitrogen and oxygen atoms in total. The van der Waals surface area contributed by atoms with Crippen LogP contribution in [0.1, 0.15) is 10.4 Å². The van der Waals surface area contributed by atoms with Gasteiger partial charge in [0.15, 0.2) is 0 Å². The monoisotopic (exact) mass is 229 g/mol. The molecular formula is C13H15N3O. The number of aromatic amines is 1. The molecule has 1 aromatic carbocycles. The molecule has 88 valence electrons. The molecule has 1 aromatic heterocycles. The molecule has 4 heteroatoms. The molecule has 2 rings (SSSR count). The molecule has 1 amide bonds. The first kappa shape index (κ1) is 11.4. The quantitative estimate of drug-likeness (QED) is 0.694. The van der Waals surface area contributed by atoms with Crippen LogP contribution in [0, 0.1) is 0 Å². The van der Waals surface area contributed by atoms with E-state index in [2.05, 4.69) is 10.3 Å². The summed E-state index contributed by atoms with van der Waals surface area (Å²) >= 11 is 0. The molecule has 17 heavy (non-hydrogen) atoms. The van der Waals surface area contributed by atoms with E-state index < -0.39 is 0 Å². The van der Waals surface area contributed by atoms with E-state index in [0.717, 1.165) is 10.9 Å². The van der Waals surface area contributed by atoms with Crippen molar-refractivity contribution in [2.24, 2.45) is 5.73 Å². The molecular weight excluding hydrogens is 214 g/mol. The fraction of sp³-hybridized carbons (Fsp3) is 0.154. The molecule has 4 N–H and O–H groups in total. The molecule has 1 heterocycles. The summed E-state index contributed by atoms with van der Waals surface area (Å²) in [5.41, 5.74) is 6.97. The third-order valence-corrected chi connectivity index (χ3v) is 2.52. The largest absolute Gasteiger partial charge is 0.361 e. The van der Waals surface area contributed by atoms with E-state index in [9.17, 15) is 4.79 Å². The van der Waals surface area contributed by atoms with Gasteiger partial charge in [0.25, 0.3) is 5.91 Å². The lowest BCUT2D eigenvalue weighted by Gasteiger charge is -2.03. The Morgan fingerprint density at radius 2 is 2.24 bits per heavy atom. The highest BCUT2D eigenvalue weighted by molar-refractivity contribution is 6.06. The molecule has 0 spiro atoms. The van der Waals surface area contributed by atoms with E-state index in [0.29, 0.717) is 18.7 Å². The highest BCUT2D eigenvalue weighted by atomic mass is 16.1. The molecule has 0 atom stereocenters. The van der Waals surface area contributed by atoms with Crippen molar-refractivity contribution < 1.29 is 4.79 Å². The van der Waals surface area contributed by atoms with Crippen LogP contribution in [0.15, 0.2) is 42.6 Å². The average Bonchev–Trinajstić information content (AvgIpc) is 2.82. The van der Waals surface area contributed by atoms with Gasteiger partial charge in [0, 0.05) is 35.8 Å². The van der Waals surface area contributed by atoms with Crippen molar-refractivity contribution in [3.05, 3.63) is 48.2 Å². The molecule has 0 aliphatic heterocycles. The predicted molar refractivity (Wildman–Crippen MR) is 68.8 cm³/mol. The SMILES string of the molecule is NC/C=C/CNC(=O)c1cccc2[nH]ccc12. The zero-order valence-electron chi connectivity index (χ0n) is 9.44. The topological polar surface area (TPSA) is 70.9 Å². The first-order chi connectivity index (χ1) is 8.33. The first-order valence-corrected chi connectivity index (χ1v) is 5.52. The maximum absolute atomic E-state index is 11.9. The summed E-state index contributed by atoms with van der Waals surface area (Å²) in [4.78, 5) is 15.0. The Bertz CT molecular complexity index is 542. The minimum atomic E-state index is -0.0723. The number of nitrogens with two attached hydrogens (primary N) is 1. The van der Waals surface area contributed by atoms with E-state index in [1.165, 1.54) is 0 Å². The number of carbonyl (C=O) groups is 1. The van der Waals surface area contributed by atoms with E-state index in [-0.39, 0.29) is 5.91 Å². The Morgan fingerprint density at radius 3 is 3.06 bits per heavy atom. The molecule has 0 radical (unpaired) electrons. The van der Waals surface area contributed by atoms with Crippen molar-refractivity contribution in [3.8, 4) is 0 Å². The van der Waals surface area contributed by atoms with Gasteiger partial charge >= 0.3 is 0 Å². The van der Waals surface area contributed by atoms with Crippen molar-refractivity contribution in [1.82, 2.24) is 10.3 Å². The van der Waals surface area contributed by atoms with Gasteiger partial charge < -0.3 is 16.0 Å². The highest BCUT2D eigenvalue weighted by Crippen LogP contribution is 2.16. The summed E-state index contributed by atoms with van der Waals surface area (Å²) in [5.74, 6) is -0.0723. The van der Waals surface area contributed by atoms with Crippen LogP contribution < -0.4 is 11.1 Å². The second-order valence-electron chi connectivity index (χ2n) is 3.66. The standard InChI is InChI=1S/C13H15N3O/c14-7-1-2-8-16-13(17)11-4-3-5-12-10(11)6-9-15-12/h1-6,9,15H,7-8,14H2,(H,16,17)/b2-1+. The summed E-state index contributed by atoms with van der Waals surface area (Å²) in [6, 6.07) is 7.53. The van der Waals surface area contributed by atoms with Gasteiger partial charge in [0.1, 0.15) is 0 Å². The van der Waals surface area contributed by atoms with Crippen molar-refractivity contribution >= 4 is 16.8 Å². The van der Waals surface area contributed by atoms with E-state index >= 15 is 0 Å². The normalized spacial score (nSPS) is 11.1. The minimum absolute atomic E-state index is 0.0723. The highest BCUT2D eigenvalue weighted by Gasteiger charge is 2.08. The third kappa shape index (κ3) is 2.54. The van der Waals surface area contributed by atoms with Crippen LogP contribution in [0.4, 0.5) is 0 Å². The van der Waals surface area contributed by atoms with E-state index in [4.69, 9.17) is 5.73 Å². The van der Waals surface area contributed by atoms with Gasteiger partial charge in [-0.15, -0.1) is 0 Å². The number of hydrogen-bond acceptors (Lipinski definition) is 2. The zero-order chi connectivity index (χ0) is 12.1. The van der Waals surface area contributed by atoms with E-state index in [1.807, 2.05) is 42.6 Å². The second kappa shape index (κ2) is 5.32. The molecule has 0 aliphatic rings. The average molecular weight is 229 g/mol. The number of aromatic nitrogens is 1. The Hall–Kier alpha value is -2.07. The van der Waals surface area contributed by atoms with Gasteiger partial charge in [-0.05, 0) is 18.2 Å². The Kier molecular flexibility index (Phi) is 3.57. The van der Waals surface area contributed by atoms with Crippen LogP contribution in [0.2, 0.25) is 0 Å². The fourth-order valence-corrected chi connectivity index (χ4v) is 1.71. The van der Waals surface area contributed by atoms with Crippen LogP contribution in [-0.2, 0) is 0 Å². The number of rotatable bonds is 4. The smallest absolute Gasteiger partial charge is 0.252 e. The zero-order valence-corrected chi connectivity index (χ0v) is 9.44. The summed E-state index contributed by atoms with van der Waals surface area (Å²) in [6.07, 6.45) is 5.49. The van der Waals surface area contributed by atoms with Gasteiger partial charge in [-0.1, -0.05) is 18.2 Å². The Balaban J connectivity index is 2.13. The van der Waals surface area contributed by atoms with Crippen LogP contribution in [0.25, 0.3) is 10.9 Å². The number of carbonyl (C=O) groups excluding carboxylic acids is 1. The van der Waals surface area contributed by atoms with Crippen LogP contribution >= 0.6 is 0 Å². The summed E-state index contributed by atoms with van der Waals surface area (Å²) < 4.78 is 0. The van der Waals surface area contributed by atoms with Gasteiger partial charge in [-0.3, -0.25) is 4.79 Å². The van der Waals surface area contributed by atoms with Crippen molar-refractivity contribution in [1.29, 1.82) is 0 Å². The third-order valence-electron chi connectivity index (χ3n) is 2.52. The summed E-state index contributed by atoms with van der Waals surface area (Å²) in [5, 5.41) is 3.76. The minimum Gasteiger partial charge on any atom is -0.361 e. The second-order valence-corrected chi connectivity index (χ2v) is 3.66. The summed E-state index contributed by atoms with van der Waals surface area (Å²) in [7, 11) is 0. The van der Waals surface area contributed by atoms with Gasteiger partial charge in [0.2, 0.25) is 0 Å². The number of nitrogens with one attached hydrogen (secondary N) is 2. The fourth-order valence-electron chi connectivity index (χ4n) is 1.71. The molecule has 0 bridgehead atoms. The lowest BCUT2D eigenvalue weighted by atomic mass is 10.1. The van der Waals surface area contributed by atoms with Crippen molar-refractivity contribution in [2.45, 2.75) is 0 Å². The maximum atomic E-state index is 11.9. The number of amides is 1. The lowest BCUT2D eigenvalue weighted by Crippen LogP contribution is -2.23. The van der Waals surface area contributed by atoms with Crippen LogP contribution in [0.5, 0.6) is 0 Å². The number of benzene rings is 1. The van der Waals surface area contributed by atoms with Crippen molar-refractivity contribution in [3.63, 3.8) is 0 Å². The predicted octanol–water partition coefficient (Wildman–Crippen LogP) is 1.41. The molecule has 0 unspecified atom stereocenters. The van der Waals surface area contributed by atoms with Crippen LogP contribution in [0.3, 0.4) is 0 Å². The number of fused-ring (bicyclic) bond motifs is 1. The number of H-pyrrole nitrogens is 1. The Labute approximate surface area is 99.5 Å². The summed E-state index contributed by atoms with van der Waals surface area (Å²) in [6.45, 7) is 0.986. The van der Waals surface area contributed by atoms with Gasteiger partial charge in [-0.25, -0.2) is 0 Å². The first-order valence-electron chi connectivity index (χ1n) is 5.52. The maximum Gasteiger partial charge on any atom is 0.252 e. The molecule has 0 aliphatic carbocycles. The van der Waals surface area contributed by atoms with Crippen LogP contribution in [-0.4, -0.2) is 24.0 Å². The lowest BCUT2D eigenvalue weighted by molar-refractivity contribution is 0.0959. The molecule has 0 saturated heterocycles. The molecule has 0 fully saturated rings. The molecule has 0 saturated carbocycles. The van der Waals surface area contributed by atoms with Gasteiger partial charge in [-0.2, -0.15) is 0 Å². The molecule has 2 aromatic rings.